The average Bonchev–Trinajstić information content (AvgIpc) is 3.13. The molecular weight excluding hydrogens is 394 g/mol. The van der Waals surface area contributed by atoms with Gasteiger partial charge in [-0.3, -0.25) is 0 Å². The number of fused-ring (bicyclic) bond motifs is 1. The summed E-state index contributed by atoms with van der Waals surface area (Å²) in [6, 6.07) is 11.0. The maximum atomic E-state index is 14.0. The second-order valence-electron chi connectivity index (χ2n) is 7.34. The quantitative estimate of drug-likeness (QED) is 0.670. The first kappa shape index (κ1) is 18.1. The SMILES string of the molecule is O=C(Nc1ccccc1-c1nccs1)NC1[C@H]2CN(c3ccc(F)cc3F)C[C@@H]12. The number of hydrogen-bond acceptors (Lipinski definition) is 4. The lowest BCUT2D eigenvalue weighted by atomic mass is 10.2. The zero-order valence-corrected chi connectivity index (χ0v) is 16.1. The number of piperidine rings is 1. The molecule has 3 atom stereocenters. The highest BCUT2D eigenvalue weighted by Gasteiger charge is 2.56. The van der Waals surface area contributed by atoms with E-state index in [1.165, 1.54) is 23.5 Å². The number of thiazole rings is 1. The summed E-state index contributed by atoms with van der Waals surface area (Å²) in [7, 11) is 0. The van der Waals surface area contributed by atoms with Crippen molar-refractivity contribution in [2.75, 3.05) is 23.3 Å². The Balaban J connectivity index is 1.20. The molecule has 1 aromatic heterocycles. The molecule has 148 valence electrons. The molecule has 29 heavy (non-hydrogen) atoms. The highest BCUT2D eigenvalue weighted by Crippen LogP contribution is 2.47. The Labute approximate surface area is 170 Å². The van der Waals surface area contributed by atoms with Crippen molar-refractivity contribution < 1.29 is 13.6 Å². The van der Waals surface area contributed by atoms with Crippen molar-refractivity contribution in [2.45, 2.75) is 6.04 Å². The summed E-state index contributed by atoms with van der Waals surface area (Å²) in [5.41, 5.74) is 2.01. The Morgan fingerprint density at radius 2 is 1.93 bits per heavy atom. The van der Waals surface area contributed by atoms with E-state index in [1.54, 1.807) is 6.20 Å². The van der Waals surface area contributed by atoms with Crippen molar-refractivity contribution in [3.8, 4) is 10.6 Å². The minimum absolute atomic E-state index is 0.0711. The lowest BCUT2D eigenvalue weighted by molar-refractivity contribution is 0.250. The molecule has 1 saturated carbocycles. The number of anilines is 2. The maximum absolute atomic E-state index is 14.0. The van der Waals surface area contributed by atoms with Crippen molar-refractivity contribution in [3.63, 3.8) is 0 Å². The van der Waals surface area contributed by atoms with Crippen LogP contribution in [0.4, 0.5) is 25.0 Å². The fraction of sp³-hybridized carbons (Fsp3) is 0.238. The van der Waals surface area contributed by atoms with Crippen LogP contribution in [0, 0.1) is 23.5 Å². The van der Waals surface area contributed by atoms with Crippen LogP contribution in [0.15, 0.2) is 54.0 Å². The van der Waals surface area contributed by atoms with E-state index in [2.05, 4.69) is 15.6 Å². The molecule has 0 radical (unpaired) electrons. The van der Waals surface area contributed by atoms with E-state index in [4.69, 9.17) is 0 Å². The van der Waals surface area contributed by atoms with Crippen LogP contribution in [0.2, 0.25) is 0 Å². The number of amides is 2. The molecular formula is C21H18F2N4OS. The second kappa shape index (κ2) is 7.11. The van der Waals surface area contributed by atoms with Gasteiger partial charge in [0.25, 0.3) is 0 Å². The van der Waals surface area contributed by atoms with Crippen molar-refractivity contribution >= 4 is 28.7 Å². The van der Waals surface area contributed by atoms with Gasteiger partial charge in [0.15, 0.2) is 0 Å². The van der Waals surface area contributed by atoms with Crippen LogP contribution < -0.4 is 15.5 Å². The fourth-order valence-corrected chi connectivity index (χ4v) is 4.80. The van der Waals surface area contributed by atoms with E-state index in [0.29, 0.717) is 24.5 Å². The molecule has 2 N–H and O–H groups in total. The van der Waals surface area contributed by atoms with Crippen LogP contribution in [0.25, 0.3) is 10.6 Å². The zero-order chi connectivity index (χ0) is 20.0. The summed E-state index contributed by atoms with van der Waals surface area (Å²) < 4.78 is 27.1. The molecule has 2 fully saturated rings. The summed E-state index contributed by atoms with van der Waals surface area (Å²) in [6.07, 6.45) is 1.73. The Bertz CT molecular complexity index is 1050. The monoisotopic (exact) mass is 412 g/mol. The first-order chi connectivity index (χ1) is 14.1. The molecule has 5 nitrogen and oxygen atoms in total. The molecule has 2 amide bonds. The Morgan fingerprint density at radius 1 is 1.14 bits per heavy atom. The summed E-state index contributed by atoms with van der Waals surface area (Å²) in [6.45, 7) is 1.29. The number of aromatic nitrogens is 1. The van der Waals surface area contributed by atoms with Gasteiger partial charge in [0.2, 0.25) is 0 Å². The maximum Gasteiger partial charge on any atom is 0.319 e. The minimum Gasteiger partial charge on any atom is -0.368 e. The molecule has 1 aliphatic heterocycles. The van der Waals surface area contributed by atoms with Gasteiger partial charge in [0, 0.05) is 54.2 Å². The topological polar surface area (TPSA) is 57.3 Å². The van der Waals surface area contributed by atoms with E-state index in [1.807, 2.05) is 34.5 Å². The molecule has 0 spiro atoms. The predicted octanol–water partition coefficient (Wildman–Crippen LogP) is 4.34. The number of urea groups is 1. The number of hydrogen-bond donors (Lipinski definition) is 2. The normalized spacial score (nSPS) is 22.3. The van der Waals surface area contributed by atoms with Crippen LogP contribution >= 0.6 is 11.3 Å². The largest absolute Gasteiger partial charge is 0.368 e. The highest BCUT2D eigenvalue weighted by atomic mass is 32.1. The molecule has 2 aliphatic rings. The van der Waals surface area contributed by atoms with Crippen LogP contribution in [0.1, 0.15) is 0 Å². The lowest BCUT2D eigenvalue weighted by Crippen LogP contribution is -2.37. The lowest BCUT2D eigenvalue weighted by Gasteiger charge is -2.23. The van der Waals surface area contributed by atoms with Crippen molar-refractivity contribution in [3.05, 3.63) is 65.7 Å². The van der Waals surface area contributed by atoms with Crippen LogP contribution in [0.5, 0.6) is 0 Å². The molecule has 8 heteroatoms. The molecule has 2 aromatic carbocycles. The van der Waals surface area contributed by atoms with Crippen LogP contribution in [-0.4, -0.2) is 30.1 Å². The Kier molecular flexibility index (Phi) is 4.43. The number of para-hydroxylation sites is 1. The second-order valence-corrected chi connectivity index (χ2v) is 8.23. The zero-order valence-electron chi connectivity index (χ0n) is 15.3. The van der Waals surface area contributed by atoms with E-state index in [-0.39, 0.29) is 23.9 Å². The van der Waals surface area contributed by atoms with Crippen molar-refractivity contribution in [2.24, 2.45) is 11.8 Å². The van der Waals surface area contributed by atoms with E-state index >= 15 is 0 Å². The number of nitrogens with one attached hydrogen (secondary N) is 2. The number of rotatable bonds is 4. The van der Waals surface area contributed by atoms with Gasteiger partial charge in [0.05, 0.1) is 11.4 Å². The standard InChI is InChI=1S/C21H18F2N4OS/c22-12-5-6-18(16(23)9-12)27-10-14-15(11-27)19(14)26-21(28)25-17-4-2-1-3-13(17)20-24-7-8-29-20/h1-9,14-15,19H,10-11H2,(H2,25,26,28)/t14-,15+,19?. The smallest absolute Gasteiger partial charge is 0.319 e. The molecule has 5 rings (SSSR count). The van der Waals surface area contributed by atoms with Gasteiger partial charge in [-0.05, 0) is 24.3 Å². The first-order valence-corrected chi connectivity index (χ1v) is 10.2. The van der Waals surface area contributed by atoms with Gasteiger partial charge in [-0.25, -0.2) is 18.6 Å². The minimum atomic E-state index is -0.579. The summed E-state index contributed by atoms with van der Waals surface area (Å²) >= 11 is 1.51. The van der Waals surface area contributed by atoms with E-state index in [0.717, 1.165) is 16.6 Å². The molecule has 0 bridgehead atoms. The summed E-state index contributed by atoms with van der Waals surface area (Å²) in [5.74, 6) is -0.573. The van der Waals surface area contributed by atoms with Crippen LogP contribution in [-0.2, 0) is 0 Å². The number of halogens is 2. The first-order valence-electron chi connectivity index (χ1n) is 9.36. The molecule has 1 unspecified atom stereocenters. The number of nitrogens with zero attached hydrogens (tertiary/aromatic N) is 2. The van der Waals surface area contributed by atoms with Gasteiger partial charge in [-0.15, -0.1) is 11.3 Å². The van der Waals surface area contributed by atoms with Gasteiger partial charge >= 0.3 is 6.03 Å². The number of benzene rings is 2. The molecule has 1 saturated heterocycles. The molecule has 2 heterocycles. The fourth-order valence-electron chi connectivity index (χ4n) is 4.12. The third kappa shape index (κ3) is 3.44. The average molecular weight is 412 g/mol. The third-order valence-electron chi connectivity index (χ3n) is 5.58. The third-order valence-corrected chi connectivity index (χ3v) is 6.39. The predicted molar refractivity (Wildman–Crippen MR) is 109 cm³/mol. The van der Waals surface area contributed by atoms with Gasteiger partial charge in [-0.2, -0.15) is 0 Å². The van der Waals surface area contributed by atoms with Gasteiger partial charge in [0.1, 0.15) is 16.6 Å². The Morgan fingerprint density at radius 3 is 2.66 bits per heavy atom. The molecule has 3 aromatic rings. The summed E-state index contributed by atoms with van der Waals surface area (Å²) in [4.78, 5) is 18.7. The van der Waals surface area contributed by atoms with Gasteiger partial charge < -0.3 is 15.5 Å². The van der Waals surface area contributed by atoms with Crippen molar-refractivity contribution in [1.82, 2.24) is 10.3 Å². The van der Waals surface area contributed by atoms with Gasteiger partial charge in [-0.1, -0.05) is 12.1 Å². The number of carbonyl (C=O) groups excluding carboxylic acids is 1. The van der Waals surface area contributed by atoms with Crippen LogP contribution in [0.3, 0.4) is 0 Å². The van der Waals surface area contributed by atoms with Crippen molar-refractivity contribution in [1.29, 1.82) is 0 Å². The molecule has 1 aliphatic carbocycles. The Hall–Kier alpha value is -3.00. The highest BCUT2D eigenvalue weighted by molar-refractivity contribution is 7.13. The van der Waals surface area contributed by atoms with E-state index < -0.39 is 11.6 Å². The summed E-state index contributed by atoms with van der Waals surface area (Å²) in [5, 5.41) is 8.69. The van der Waals surface area contributed by atoms with E-state index in [9.17, 15) is 13.6 Å². The number of carbonyl (C=O) groups is 1.